The van der Waals surface area contributed by atoms with Gasteiger partial charge in [0.05, 0.1) is 0 Å². The smallest absolute Gasteiger partial charge is 0.253 e. The zero-order valence-corrected chi connectivity index (χ0v) is 12.3. The number of carbonyl (C=O) groups excluding carboxylic acids is 1. The van der Waals surface area contributed by atoms with E-state index in [1.807, 2.05) is 29.2 Å². The second-order valence-corrected chi connectivity index (χ2v) is 5.90. The molecular weight excluding hydrogens is 325 g/mol. The Labute approximate surface area is 117 Å². The first-order chi connectivity index (χ1) is 8.20. The Kier molecular flexibility index (Phi) is 4.42. The van der Waals surface area contributed by atoms with Gasteiger partial charge >= 0.3 is 0 Å². The zero-order chi connectivity index (χ0) is 12.3. The molecule has 1 aliphatic rings. The van der Waals surface area contributed by atoms with Crippen molar-refractivity contribution in [2.45, 2.75) is 26.2 Å². The van der Waals surface area contributed by atoms with E-state index in [1.165, 1.54) is 9.99 Å². The lowest BCUT2D eigenvalue weighted by Gasteiger charge is -2.31. The molecule has 0 radical (unpaired) electrons. The molecule has 0 bridgehead atoms. The van der Waals surface area contributed by atoms with Gasteiger partial charge in [0.2, 0.25) is 0 Å². The fraction of sp³-hybridized carbons (Fsp3) is 0.500. The minimum Gasteiger partial charge on any atom is -0.339 e. The molecule has 17 heavy (non-hydrogen) atoms. The van der Waals surface area contributed by atoms with Crippen LogP contribution in [-0.4, -0.2) is 23.9 Å². The first-order valence-corrected chi connectivity index (χ1v) is 7.33. The predicted octanol–water partition coefficient (Wildman–Crippen LogP) is 3.55. The molecule has 1 aromatic carbocycles. The normalized spacial score (nSPS) is 17.2. The number of amides is 1. The van der Waals surface area contributed by atoms with Gasteiger partial charge in [-0.1, -0.05) is 13.3 Å². The number of benzene rings is 1. The molecule has 2 rings (SSSR count). The van der Waals surface area contributed by atoms with E-state index in [-0.39, 0.29) is 5.91 Å². The molecular formula is C14H18INO. The lowest BCUT2D eigenvalue weighted by molar-refractivity contribution is 0.0689. The van der Waals surface area contributed by atoms with Gasteiger partial charge in [-0.25, -0.2) is 0 Å². The summed E-state index contributed by atoms with van der Waals surface area (Å²) in [6.07, 6.45) is 3.56. The number of hydrogen-bond acceptors (Lipinski definition) is 1. The van der Waals surface area contributed by atoms with Crippen molar-refractivity contribution < 1.29 is 4.79 Å². The zero-order valence-electron chi connectivity index (χ0n) is 10.2. The molecule has 1 heterocycles. The third kappa shape index (κ3) is 3.21. The highest BCUT2D eigenvalue weighted by atomic mass is 127. The van der Waals surface area contributed by atoms with E-state index in [9.17, 15) is 4.79 Å². The number of likely N-dealkylation sites (tertiary alicyclic amines) is 1. The van der Waals surface area contributed by atoms with E-state index < -0.39 is 0 Å². The largest absolute Gasteiger partial charge is 0.339 e. The quantitative estimate of drug-likeness (QED) is 0.752. The van der Waals surface area contributed by atoms with Gasteiger partial charge in [0.25, 0.3) is 5.91 Å². The average molecular weight is 343 g/mol. The number of halogens is 1. The highest BCUT2D eigenvalue weighted by Crippen LogP contribution is 2.21. The first kappa shape index (κ1) is 12.9. The van der Waals surface area contributed by atoms with Gasteiger partial charge in [0.1, 0.15) is 0 Å². The van der Waals surface area contributed by atoms with Crippen molar-refractivity contribution >= 4 is 28.5 Å². The lowest BCUT2D eigenvalue weighted by atomic mass is 9.94. The minimum atomic E-state index is 0.191. The van der Waals surface area contributed by atoms with Gasteiger partial charge in [0, 0.05) is 22.2 Å². The highest BCUT2D eigenvalue weighted by molar-refractivity contribution is 14.1. The Bertz CT molecular complexity index is 380. The summed E-state index contributed by atoms with van der Waals surface area (Å²) in [5.74, 6) is 1.01. The summed E-state index contributed by atoms with van der Waals surface area (Å²) in [7, 11) is 0. The SMILES string of the molecule is CCC1CCN(C(=O)c2ccc(I)cc2)CC1. The summed E-state index contributed by atoms with van der Waals surface area (Å²) in [5, 5.41) is 0. The summed E-state index contributed by atoms with van der Waals surface area (Å²) in [6, 6.07) is 7.84. The number of rotatable bonds is 2. The summed E-state index contributed by atoms with van der Waals surface area (Å²) in [4.78, 5) is 14.2. The molecule has 0 aliphatic carbocycles. The summed E-state index contributed by atoms with van der Waals surface area (Å²) >= 11 is 2.26. The van der Waals surface area contributed by atoms with Crippen molar-refractivity contribution in [2.75, 3.05) is 13.1 Å². The molecule has 1 fully saturated rings. The first-order valence-electron chi connectivity index (χ1n) is 6.25. The van der Waals surface area contributed by atoms with E-state index >= 15 is 0 Å². The monoisotopic (exact) mass is 343 g/mol. The van der Waals surface area contributed by atoms with Crippen LogP contribution >= 0.6 is 22.6 Å². The van der Waals surface area contributed by atoms with Gasteiger partial charge in [0.15, 0.2) is 0 Å². The fourth-order valence-electron chi connectivity index (χ4n) is 2.32. The number of nitrogens with zero attached hydrogens (tertiary/aromatic N) is 1. The van der Waals surface area contributed by atoms with Crippen molar-refractivity contribution in [1.82, 2.24) is 4.90 Å². The van der Waals surface area contributed by atoms with Gasteiger partial charge in [-0.2, -0.15) is 0 Å². The standard InChI is InChI=1S/C14H18INO/c1-2-11-7-9-16(10-8-11)14(17)12-3-5-13(15)6-4-12/h3-6,11H,2,7-10H2,1H3. The van der Waals surface area contributed by atoms with Crippen LogP contribution in [0.1, 0.15) is 36.5 Å². The number of carbonyl (C=O) groups is 1. The molecule has 1 amide bonds. The van der Waals surface area contributed by atoms with E-state index in [0.29, 0.717) is 0 Å². The molecule has 0 unspecified atom stereocenters. The third-order valence-electron chi connectivity index (χ3n) is 3.57. The van der Waals surface area contributed by atoms with Gasteiger partial charge < -0.3 is 4.90 Å². The molecule has 1 saturated heterocycles. The van der Waals surface area contributed by atoms with Crippen molar-refractivity contribution in [3.05, 3.63) is 33.4 Å². The topological polar surface area (TPSA) is 20.3 Å². The van der Waals surface area contributed by atoms with Crippen LogP contribution in [0.2, 0.25) is 0 Å². The lowest BCUT2D eigenvalue weighted by Crippen LogP contribution is -2.38. The van der Waals surface area contributed by atoms with Crippen LogP contribution in [0.3, 0.4) is 0 Å². The summed E-state index contributed by atoms with van der Waals surface area (Å²) in [5.41, 5.74) is 0.820. The van der Waals surface area contributed by atoms with Crippen molar-refractivity contribution in [3.8, 4) is 0 Å². The molecule has 0 spiro atoms. The molecule has 92 valence electrons. The second kappa shape index (κ2) is 5.85. The van der Waals surface area contributed by atoms with Crippen molar-refractivity contribution in [3.63, 3.8) is 0 Å². The molecule has 1 aliphatic heterocycles. The van der Waals surface area contributed by atoms with Crippen LogP contribution in [0.25, 0.3) is 0 Å². The van der Waals surface area contributed by atoms with Gasteiger partial charge in [-0.05, 0) is 65.6 Å². The van der Waals surface area contributed by atoms with Gasteiger partial charge in [-0.3, -0.25) is 4.79 Å². The van der Waals surface area contributed by atoms with Crippen LogP contribution < -0.4 is 0 Å². The Morgan fingerprint density at radius 1 is 1.29 bits per heavy atom. The summed E-state index contributed by atoms with van der Waals surface area (Å²) in [6.45, 7) is 4.08. The predicted molar refractivity (Wildman–Crippen MR) is 78.1 cm³/mol. The van der Waals surface area contributed by atoms with Crippen LogP contribution in [-0.2, 0) is 0 Å². The second-order valence-electron chi connectivity index (χ2n) is 4.65. The summed E-state index contributed by atoms with van der Waals surface area (Å²) < 4.78 is 1.17. The van der Waals surface area contributed by atoms with Crippen molar-refractivity contribution in [2.24, 2.45) is 5.92 Å². The van der Waals surface area contributed by atoms with E-state index in [0.717, 1.165) is 37.4 Å². The van der Waals surface area contributed by atoms with Crippen molar-refractivity contribution in [1.29, 1.82) is 0 Å². The molecule has 3 heteroatoms. The molecule has 1 aromatic rings. The molecule has 0 saturated carbocycles. The molecule has 0 aromatic heterocycles. The maximum atomic E-state index is 12.2. The van der Waals surface area contributed by atoms with Crippen LogP contribution in [0.15, 0.2) is 24.3 Å². The Morgan fingerprint density at radius 3 is 2.41 bits per heavy atom. The molecule has 0 N–H and O–H groups in total. The molecule has 2 nitrogen and oxygen atoms in total. The number of hydrogen-bond donors (Lipinski definition) is 0. The van der Waals surface area contributed by atoms with Crippen LogP contribution in [0.4, 0.5) is 0 Å². The Hall–Kier alpha value is -0.580. The van der Waals surface area contributed by atoms with E-state index in [1.54, 1.807) is 0 Å². The maximum Gasteiger partial charge on any atom is 0.253 e. The van der Waals surface area contributed by atoms with Crippen LogP contribution in [0.5, 0.6) is 0 Å². The maximum absolute atomic E-state index is 12.2. The van der Waals surface area contributed by atoms with E-state index in [4.69, 9.17) is 0 Å². The average Bonchev–Trinajstić information content (AvgIpc) is 2.39. The molecule has 0 atom stereocenters. The van der Waals surface area contributed by atoms with Crippen LogP contribution in [0, 0.1) is 9.49 Å². The fourth-order valence-corrected chi connectivity index (χ4v) is 2.68. The highest BCUT2D eigenvalue weighted by Gasteiger charge is 2.22. The van der Waals surface area contributed by atoms with E-state index in [2.05, 4.69) is 29.5 Å². The minimum absolute atomic E-state index is 0.191. The Balaban J connectivity index is 1.99. The third-order valence-corrected chi connectivity index (χ3v) is 4.29. The number of piperidine rings is 1. The van der Waals surface area contributed by atoms with Gasteiger partial charge in [-0.15, -0.1) is 0 Å². The Morgan fingerprint density at radius 2 is 1.88 bits per heavy atom.